The van der Waals surface area contributed by atoms with Crippen LogP contribution >= 0.6 is 0 Å². The maximum Gasteiger partial charge on any atom is 0.326 e. The Morgan fingerprint density at radius 1 is 1.05 bits per heavy atom. The maximum atomic E-state index is 12.4. The Morgan fingerprint density at radius 2 is 1.71 bits per heavy atom. The Balaban J connectivity index is 1.86. The fourth-order valence-electron chi connectivity index (χ4n) is 2.52. The van der Waals surface area contributed by atoms with Crippen molar-refractivity contribution in [2.45, 2.75) is 5.92 Å². The van der Waals surface area contributed by atoms with Gasteiger partial charge in [-0.25, -0.2) is 4.79 Å². The summed E-state index contributed by atoms with van der Waals surface area (Å²) in [6, 6.07) is 15.9. The highest BCUT2D eigenvalue weighted by atomic mass is 16.4. The monoisotopic (exact) mass is 282 g/mol. The molecule has 3 rings (SSSR count). The van der Waals surface area contributed by atoms with E-state index in [1.54, 1.807) is 36.4 Å². The van der Waals surface area contributed by atoms with Gasteiger partial charge in [-0.1, -0.05) is 36.4 Å². The zero-order valence-corrected chi connectivity index (χ0v) is 11.2. The summed E-state index contributed by atoms with van der Waals surface area (Å²) in [6.45, 7) is 0.146. The number of hydrogen-bond donors (Lipinski definition) is 2. The van der Waals surface area contributed by atoms with Crippen LogP contribution in [-0.4, -0.2) is 23.7 Å². The van der Waals surface area contributed by atoms with Crippen LogP contribution in [0.3, 0.4) is 0 Å². The first-order chi connectivity index (χ1) is 10.2. The molecule has 2 N–H and O–H groups in total. The molecule has 0 aliphatic carbocycles. The van der Waals surface area contributed by atoms with E-state index in [0.717, 1.165) is 0 Å². The number of para-hydroxylation sites is 2. The topological polar surface area (TPSA) is 69.6 Å². The normalized spacial score (nSPS) is 16.4. The van der Waals surface area contributed by atoms with Crippen molar-refractivity contribution in [3.63, 3.8) is 0 Å². The molecule has 0 saturated carbocycles. The van der Waals surface area contributed by atoms with E-state index in [1.807, 2.05) is 18.2 Å². The summed E-state index contributed by atoms with van der Waals surface area (Å²) >= 11 is 0. The molecule has 21 heavy (non-hydrogen) atoms. The molecule has 0 saturated heterocycles. The van der Waals surface area contributed by atoms with E-state index in [4.69, 9.17) is 0 Å². The van der Waals surface area contributed by atoms with Crippen molar-refractivity contribution in [2.24, 2.45) is 0 Å². The van der Waals surface area contributed by atoms with Gasteiger partial charge in [0.25, 0.3) is 0 Å². The molecular formula is C16H14N2O3. The molecular weight excluding hydrogens is 268 g/mol. The number of rotatable bonds is 2. The fourth-order valence-corrected chi connectivity index (χ4v) is 2.52. The third kappa shape index (κ3) is 2.45. The first-order valence-electron chi connectivity index (χ1n) is 6.62. The van der Waals surface area contributed by atoms with Crippen LogP contribution in [0.4, 0.5) is 16.2 Å². The number of nitrogens with one attached hydrogen (secondary N) is 1. The Kier molecular flexibility index (Phi) is 3.31. The molecule has 2 aromatic rings. The van der Waals surface area contributed by atoms with Crippen molar-refractivity contribution in [3.8, 4) is 0 Å². The number of fused-ring (bicyclic) bond motifs is 1. The van der Waals surface area contributed by atoms with Gasteiger partial charge in [-0.2, -0.15) is 0 Å². The fraction of sp³-hybridized carbons (Fsp3) is 0.125. The summed E-state index contributed by atoms with van der Waals surface area (Å²) in [5.74, 6) is -1.60. The van der Waals surface area contributed by atoms with Crippen molar-refractivity contribution in [3.05, 3.63) is 60.2 Å². The summed E-state index contributed by atoms with van der Waals surface area (Å²) in [5.41, 5.74) is 2.00. The molecule has 106 valence electrons. The average Bonchev–Trinajstić information content (AvgIpc) is 2.88. The van der Waals surface area contributed by atoms with E-state index in [9.17, 15) is 14.7 Å². The van der Waals surface area contributed by atoms with Gasteiger partial charge in [0.15, 0.2) is 0 Å². The van der Waals surface area contributed by atoms with Gasteiger partial charge in [-0.3, -0.25) is 9.69 Å². The zero-order valence-electron chi connectivity index (χ0n) is 11.2. The largest absolute Gasteiger partial charge is 0.481 e. The van der Waals surface area contributed by atoms with Crippen LogP contribution in [0.15, 0.2) is 54.6 Å². The third-order valence-electron chi connectivity index (χ3n) is 3.54. The average molecular weight is 282 g/mol. The summed E-state index contributed by atoms with van der Waals surface area (Å²) in [5, 5.41) is 12.1. The molecule has 1 atom stereocenters. The minimum Gasteiger partial charge on any atom is -0.481 e. The quantitative estimate of drug-likeness (QED) is 0.889. The van der Waals surface area contributed by atoms with Crippen molar-refractivity contribution in [2.75, 3.05) is 16.8 Å². The predicted octanol–water partition coefficient (Wildman–Crippen LogP) is 2.91. The molecule has 0 spiro atoms. The zero-order chi connectivity index (χ0) is 14.8. The van der Waals surface area contributed by atoms with Crippen molar-refractivity contribution in [1.82, 2.24) is 0 Å². The Morgan fingerprint density at radius 3 is 2.43 bits per heavy atom. The molecule has 0 radical (unpaired) electrons. The smallest absolute Gasteiger partial charge is 0.326 e. The lowest BCUT2D eigenvalue weighted by molar-refractivity contribution is -0.138. The number of benzene rings is 2. The second-order valence-corrected chi connectivity index (χ2v) is 4.86. The Labute approximate surface area is 121 Å². The lowest BCUT2D eigenvalue weighted by atomic mass is 10.0. The molecule has 1 aliphatic rings. The van der Waals surface area contributed by atoms with E-state index < -0.39 is 11.9 Å². The number of carboxylic acid groups (broad SMARTS) is 1. The van der Waals surface area contributed by atoms with Crippen LogP contribution in [0.5, 0.6) is 0 Å². The van der Waals surface area contributed by atoms with Crippen molar-refractivity contribution in [1.29, 1.82) is 0 Å². The van der Waals surface area contributed by atoms with E-state index in [2.05, 4.69) is 5.32 Å². The minimum absolute atomic E-state index is 0.146. The van der Waals surface area contributed by atoms with Gasteiger partial charge in [-0.05, 0) is 23.8 Å². The second-order valence-electron chi connectivity index (χ2n) is 4.86. The van der Waals surface area contributed by atoms with Gasteiger partial charge >= 0.3 is 12.0 Å². The first kappa shape index (κ1) is 13.2. The number of hydrogen-bond acceptors (Lipinski definition) is 2. The molecule has 1 heterocycles. The SMILES string of the molecule is O=C(O)C1CN(C(=O)Nc2ccccc2)c2ccccc21. The number of nitrogens with zero attached hydrogens (tertiary/aromatic N) is 1. The second kappa shape index (κ2) is 5.28. The van der Waals surface area contributed by atoms with E-state index in [1.165, 1.54) is 4.90 Å². The summed E-state index contributed by atoms with van der Waals surface area (Å²) in [4.78, 5) is 25.2. The van der Waals surface area contributed by atoms with Crippen LogP contribution in [0.2, 0.25) is 0 Å². The van der Waals surface area contributed by atoms with E-state index >= 15 is 0 Å². The molecule has 2 aromatic carbocycles. The number of urea groups is 1. The van der Waals surface area contributed by atoms with Gasteiger partial charge < -0.3 is 10.4 Å². The standard InChI is InChI=1S/C16H14N2O3/c19-15(20)13-10-18(14-9-5-4-8-12(13)14)16(21)17-11-6-2-1-3-7-11/h1-9,13H,10H2,(H,17,21)(H,19,20). The number of carbonyl (C=O) groups excluding carboxylic acids is 1. The molecule has 1 aliphatic heterocycles. The summed E-state index contributed by atoms with van der Waals surface area (Å²) < 4.78 is 0. The Hall–Kier alpha value is -2.82. The summed E-state index contributed by atoms with van der Waals surface area (Å²) in [7, 11) is 0. The van der Waals surface area contributed by atoms with Gasteiger partial charge in [0, 0.05) is 17.9 Å². The first-order valence-corrected chi connectivity index (χ1v) is 6.62. The highest BCUT2D eigenvalue weighted by Crippen LogP contribution is 2.36. The van der Waals surface area contributed by atoms with E-state index in [-0.39, 0.29) is 12.6 Å². The molecule has 0 bridgehead atoms. The van der Waals surface area contributed by atoms with Crippen LogP contribution in [0, 0.1) is 0 Å². The summed E-state index contributed by atoms with van der Waals surface area (Å²) in [6.07, 6.45) is 0. The molecule has 5 nitrogen and oxygen atoms in total. The van der Waals surface area contributed by atoms with Crippen molar-refractivity contribution < 1.29 is 14.7 Å². The van der Waals surface area contributed by atoms with Gasteiger partial charge in [0.05, 0.1) is 0 Å². The van der Waals surface area contributed by atoms with Gasteiger partial charge in [0.2, 0.25) is 0 Å². The number of carbonyl (C=O) groups is 2. The van der Waals surface area contributed by atoms with Gasteiger partial charge in [0.1, 0.15) is 5.92 Å². The molecule has 2 amide bonds. The number of carboxylic acids is 1. The van der Waals surface area contributed by atoms with E-state index in [0.29, 0.717) is 16.9 Å². The lowest BCUT2D eigenvalue weighted by Crippen LogP contribution is -2.35. The highest BCUT2D eigenvalue weighted by Gasteiger charge is 2.36. The minimum atomic E-state index is -0.919. The Bertz CT molecular complexity index is 685. The molecule has 0 fully saturated rings. The number of amides is 2. The van der Waals surface area contributed by atoms with Crippen LogP contribution < -0.4 is 10.2 Å². The predicted molar refractivity (Wildman–Crippen MR) is 79.6 cm³/mol. The van der Waals surface area contributed by atoms with Crippen LogP contribution in [-0.2, 0) is 4.79 Å². The van der Waals surface area contributed by atoms with Crippen LogP contribution in [0.1, 0.15) is 11.5 Å². The van der Waals surface area contributed by atoms with Crippen molar-refractivity contribution >= 4 is 23.4 Å². The third-order valence-corrected chi connectivity index (χ3v) is 3.54. The highest BCUT2D eigenvalue weighted by molar-refractivity contribution is 6.05. The molecule has 0 aromatic heterocycles. The molecule has 1 unspecified atom stereocenters. The number of aliphatic carboxylic acids is 1. The molecule has 5 heteroatoms. The van der Waals surface area contributed by atoms with Gasteiger partial charge in [-0.15, -0.1) is 0 Å². The lowest BCUT2D eigenvalue weighted by Gasteiger charge is -2.18. The number of anilines is 2. The van der Waals surface area contributed by atoms with Crippen LogP contribution in [0.25, 0.3) is 0 Å². The maximum absolute atomic E-state index is 12.4.